The second-order valence-corrected chi connectivity index (χ2v) is 8.21. The van der Waals surface area contributed by atoms with E-state index in [1.807, 2.05) is 80.6 Å². The summed E-state index contributed by atoms with van der Waals surface area (Å²) in [4.78, 5) is 25.8. The molecule has 1 atom stereocenters. The van der Waals surface area contributed by atoms with Crippen LogP contribution in [0.3, 0.4) is 0 Å². The number of hydrogen-bond acceptors (Lipinski definition) is 4. The molecule has 6 nitrogen and oxygen atoms in total. The molecule has 1 aliphatic heterocycles. The number of urea groups is 1. The standard InChI is InChI=1S/C27H28N2O4/c1-4-32-26(30)23-24(17(2)3)28-27(31)29-25(23)22-20-13-9-8-12-19(20)14-15-21(22)33-16-18-10-6-5-7-11-18/h5-15,17,25H,4,16H2,1-3H3,(H2,28,29,31). The minimum atomic E-state index is -0.716. The number of rotatable bonds is 7. The van der Waals surface area contributed by atoms with Crippen LogP contribution in [0.25, 0.3) is 10.8 Å². The molecule has 3 aromatic rings. The summed E-state index contributed by atoms with van der Waals surface area (Å²) in [6, 6.07) is 20.5. The third-order valence-corrected chi connectivity index (χ3v) is 5.63. The van der Waals surface area contributed by atoms with Crippen LogP contribution < -0.4 is 15.4 Å². The maximum absolute atomic E-state index is 13.1. The van der Waals surface area contributed by atoms with Crippen LogP contribution in [0.4, 0.5) is 4.79 Å². The lowest BCUT2D eigenvalue weighted by Gasteiger charge is -2.32. The number of benzene rings is 3. The van der Waals surface area contributed by atoms with Crippen LogP contribution in [-0.4, -0.2) is 18.6 Å². The number of carbonyl (C=O) groups excluding carboxylic acids is 2. The number of esters is 1. The van der Waals surface area contributed by atoms with Crippen LogP contribution in [0, 0.1) is 5.92 Å². The Labute approximate surface area is 193 Å². The van der Waals surface area contributed by atoms with Crippen molar-refractivity contribution in [2.75, 3.05) is 6.61 Å². The van der Waals surface area contributed by atoms with E-state index in [0.29, 0.717) is 23.6 Å². The largest absolute Gasteiger partial charge is 0.489 e. The monoisotopic (exact) mass is 444 g/mol. The summed E-state index contributed by atoms with van der Waals surface area (Å²) >= 11 is 0. The van der Waals surface area contributed by atoms with Crippen molar-refractivity contribution in [2.45, 2.75) is 33.4 Å². The van der Waals surface area contributed by atoms with Gasteiger partial charge < -0.3 is 20.1 Å². The predicted molar refractivity (Wildman–Crippen MR) is 128 cm³/mol. The van der Waals surface area contributed by atoms with Crippen molar-refractivity contribution in [2.24, 2.45) is 5.92 Å². The lowest BCUT2D eigenvalue weighted by atomic mass is 9.88. The summed E-state index contributed by atoms with van der Waals surface area (Å²) in [6.07, 6.45) is 0. The minimum absolute atomic E-state index is 0.0818. The molecule has 0 aromatic heterocycles. The number of fused-ring (bicyclic) bond motifs is 1. The van der Waals surface area contributed by atoms with Gasteiger partial charge in [0.2, 0.25) is 0 Å². The summed E-state index contributed by atoms with van der Waals surface area (Å²) in [5.41, 5.74) is 2.71. The molecular weight excluding hydrogens is 416 g/mol. The number of allylic oxidation sites excluding steroid dienone is 1. The molecule has 2 N–H and O–H groups in total. The molecule has 170 valence electrons. The SMILES string of the molecule is CCOC(=O)C1=C(C(C)C)NC(=O)NC1c1c(OCc2ccccc2)ccc2ccccc12. The quantitative estimate of drug-likeness (QED) is 0.488. The van der Waals surface area contributed by atoms with E-state index in [1.54, 1.807) is 6.92 Å². The van der Waals surface area contributed by atoms with Gasteiger partial charge in [0.15, 0.2) is 0 Å². The van der Waals surface area contributed by atoms with Gasteiger partial charge in [-0.05, 0) is 35.2 Å². The van der Waals surface area contributed by atoms with E-state index in [9.17, 15) is 9.59 Å². The van der Waals surface area contributed by atoms with Crippen molar-refractivity contribution in [3.8, 4) is 5.75 Å². The van der Waals surface area contributed by atoms with Gasteiger partial charge in [-0.2, -0.15) is 0 Å². The van der Waals surface area contributed by atoms with Crippen LogP contribution in [0.1, 0.15) is 37.9 Å². The van der Waals surface area contributed by atoms with Crippen molar-refractivity contribution in [3.63, 3.8) is 0 Å². The van der Waals surface area contributed by atoms with Gasteiger partial charge in [0.1, 0.15) is 12.4 Å². The van der Waals surface area contributed by atoms with Gasteiger partial charge in [-0.3, -0.25) is 0 Å². The summed E-state index contributed by atoms with van der Waals surface area (Å²) in [7, 11) is 0. The van der Waals surface area contributed by atoms with Crippen LogP contribution in [-0.2, 0) is 16.1 Å². The van der Waals surface area contributed by atoms with Crippen LogP contribution in [0.5, 0.6) is 5.75 Å². The fourth-order valence-corrected chi connectivity index (χ4v) is 4.13. The maximum Gasteiger partial charge on any atom is 0.338 e. The molecule has 2 amide bonds. The first-order valence-corrected chi connectivity index (χ1v) is 11.2. The molecule has 0 aliphatic carbocycles. The third-order valence-electron chi connectivity index (χ3n) is 5.63. The lowest BCUT2D eigenvalue weighted by Crippen LogP contribution is -2.47. The highest BCUT2D eigenvalue weighted by Crippen LogP contribution is 2.40. The Morgan fingerprint density at radius 1 is 1.00 bits per heavy atom. The molecule has 0 fully saturated rings. The summed E-state index contributed by atoms with van der Waals surface area (Å²) in [5, 5.41) is 7.66. The van der Waals surface area contributed by atoms with E-state index < -0.39 is 12.0 Å². The molecule has 0 bridgehead atoms. The molecule has 0 spiro atoms. The zero-order valence-corrected chi connectivity index (χ0v) is 19.1. The highest BCUT2D eigenvalue weighted by Gasteiger charge is 2.37. The average Bonchev–Trinajstić information content (AvgIpc) is 2.82. The molecule has 1 aliphatic rings. The predicted octanol–water partition coefficient (Wildman–Crippen LogP) is 5.25. The van der Waals surface area contributed by atoms with Crippen molar-refractivity contribution in [1.82, 2.24) is 10.6 Å². The lowest BCUT2D eigenvalue weighted by molar-refractivity contribution is -0.139. The number of hydrogen-bond donors (Lipinski definition) is 2. The van der Waals surface area contributed by atoms with Gasteiger partial charge >= 0.3 is 12.0 Å². The van der Waals surface area contributed by atoms with Crippen molar-refractivity contribution >= 4 is 22.8 Å². The first kappa shape index (κ1) is 22.4. The average molecular weight is 445 g/mol. The van der Waals surface area contributed by atoms with E-state index in [2.05, 4.69) is 10.6 Å². The fourth-order valence-electron chi connectivity index (χ4n) is 4.13. The Bertz CT molecular complexity index is 1200. The Kier molecular flexibility index (Phi) is 6.63. The smallest absolute Gasteiger partial charge is 0.338 e. The zero-order valence-electron chi connectivity index (χ0n) is 19.1. The van der Waals surface area contributed by atoms with E-state index in [4.69, 9.17) is 9.47 Å². The number of ether oxygens (including phenoxy) is 2. The van der Waals surface area contributed by atoms with Gasteiger partial charge in [0.05, 0.1) is 18.2 Å². The Morgan fingerprint density at radius 2 is 1.73 bits per heavy atom. The van der Waals surface area contributed by atoms with Gasteiger partial charge in [-0.1, -0.05) is 74.5 Å². The van der Waals surface area contributed by atoms with E-state index >= 15 is 0 Å². The van der Waals surface area contributed by atoms with Crippen LogP contribution in [0.2, 0.25) is 0 Å². The first-order chi connectivity index (χ1) is 16.0. The Balaban J connectivity index is 1.88. The minimum Gasteiger partial charge on any atom is -0.489 e. The summed E-state index contributed by atoms with van der Waals surface area (Å²) in [6.45, 7) is 6.24. The molecule has 0 saturated carbocycles. The van der Waals surface area contributed by atoms with Gasteiger partial charge in [0, 0.05) is 11.3 Å². The molecule has 3 aromatic carbocycles. The first-order valence-electron chi connectivity index (χ1n) is 11.2. The molecule has 4 rings (SSSR count). The van der Waals surface area contributed by atoms with Gasteiger partial charge in [0.25, 0.3) is 0 Å². The molecular formula is C27H28N2O4. The normalized spacial score (nSPS) is 15.9. The molecule has 0 radical (unpaired) electrons. The molecule has 33 heavy (non-hydrogen) atoms. The second-order valence-electron chi connectivity index (χ2n) is 8.21. The molecule has 1 unspecified atom stereocenters. The zero-order chi connectivity index (χ0) is 23.4. The number of amides is 2. The van der Waals surface area contributed by atoms with E-state index in [0.717, 1.165) is 21.9 Å². The topological polar surface area (TPSA) is 76.7 Å². The molecule has 1 heterocycles. The number of nitrogens with one attached hydrogen (secondary N) is 2. The van der Waals surface area contributed by atoms with Crippen LogP contribution in [0.15, 0.2) is 78.0 Å². The van der Waals surface area contributed by atoms with Crippen LogP contribution >= 0.6 is 0 Å². The molecule has 0 saturated heterocycles. The van der Waals surface area contributed by atoms with E-state index in [1.165, 1.54) is 0 Å². The fraction of sp³-hybridized carbons (Fsp3) is 0.259. The van der Waals surface area contributed by atoms with Gasteiger partial charge in [-0.15, -0.1) is 0 Å². The Hall–Kier alpha value is -3.80. The van der Waals surface area contributed by atoms with Crippen molar-refractivity contribution in [1.29, 1.82) is 0 Å². The van der Waals surface area contributed by atoms with Crippen molar-refractivity contribution < 1.29 is 19.1 Å². The highest BCUT2D eigenvalue weighted by atomic mass is 16.5. The van der Waals surface area contributed by atoms with Gasteiger partial charge in [-0.25, -0.2) is 9.59 Å². The summed E-state index contributed by atoms with van der Waals surface area (Å²) < 4.78 is 11.7. The second kappa shape index (κ2) is 9.77. The molecule has 6 heteroatoms. The number of carbonyl (C=O) groups is 2. The third kappa shape index (κ3) is 4.70. The summed E-state index contributed by atoms with van der Waals surface area (Å²) in [5.74, 6) is 0.0666. The Morgan fingerprint density at radius 3 is 2.45 bits per heavy atom. The highest BCUT2D eigenvalue weighted by molar-refractivity contribution is 5.98. The van der Waals surface area contributed by atoms with E-state index in [-0.39, 0.29) is 18.6 Å². The van der Waals surface area contributed by atoms with Crippen molar-refractivity contribution in [3.05, 3.63) is 89.1 Å². The maximum atomic E-state index is 13.1.